The summed E-state index contributed by atoms with van der Waals surface area (Å²) in [6.45, 7) is 0.930. The van der Waals surface area contributed by atoms with Crippen LogP contribution in [0.3, 0.4) is 0 Å². The van der Waals surface area contributed by atoms with Crippen LogP contribution in [0.25, 0.3) is 0 Å². The number of carbonyl (C=O) groups excluding carboxylic acids is 1. The monoisotopic (exact) mass is 337 g/mol. The van der Waals surface area contributed by atoms with Gasteiger partial charge >= 0.3 is 5.97 Å². The lowest BCUT2D eigenvalue weighted by atomic mass is 9.86. The molecular weight excluding hydrogens is 321 g/mol. The summed E-state index contributed by atoms with van der Waals surface area (Å²) in [5, 5.41) is 4.34. The molecule has 0 unspecified atom stereocenters. The Morgan fingerprint density at radius 1 is 1.35 bits per heavy atom. The first-order chi connectivity index (χ1) is 9.13. The molecule has 1 aliphatic heterocycles. The van der Waals surface area contributed by atoms with Gasteiger partial charge in [-0.2, -0.15) is 0 Å². The van der Waals surface area contributed by atoms with Crippen molar-refractivity contribution in [3.8, 4) is 0 Å². The lowest BCUT2D eigenvalue weighted by molar-refractivity contribution is -0.143. The number of rotatable bonds is 3. The molecule has 1 aromatic carbocycles. The summed E-state index contributed by atoms with van der Waals surface area (Å²) >= 11 is 12.0. The fraction of sp³-hybridized carbons (Fsp3) is 0.500. The van der Waals surface area contributed by atoms with Crippen LogP contribution in [-0.2, 0) is 9.53 Å². The summed E-state index contributed by atoms with van der Waals surface area (Å²) < 4.78 is 4.94. The minimum absolute atomic E-state index is 0. The molecule has 6 heteroatoms. The van der Waals surface area contributed by atoms with Crippen molar-refractivity contribution in [3.63, 3.8) is 0 Å². The molecule has 1 aromatic rings. The summed E-state index contributed by atoms with van der Waals surface area (Å²) in [7, 11) is 1.41. The molecule has 20 heavy (non-hydrogen) atoms. The molecule has 1 fully saturated rings. The van der Waals surface area contributed by atoms with Crippen molar-refractivity contribution in [1.82, 2.24) is 5.32 Å². The van der Waals surface area contributed by atoms with Crippen molar-refractivity contribution in [2.75, 3.05) is 13.7 Å². The largest absolute Gasteiger partial charge is 0.469 e. The molecule has 2 rings (SSSR count). The lowest BCUT2D eigenvalue weighted by Gasteiger charge is -2.30. The number of halogens is 3. The van der Waals surface area contributed by atoms with Crippen LogP contribution in [0.1, 0.15) is 30.7 Å². The number of hydrogen-bond donors (Lipinski definition) is 1. The van der Waals surface area contributed by atoms with Crippen LogP contribution < -0.4 is 5.32 Å². The summed E-state index contributed by atoms with van der Waals surface area (Å²) in [5.74, 6) is -0.571. The Bertz CT molecular complexity index is 462. The first-order valence-electron chi connectivity index (χ1n) is 6.39. The van der Waals surface area contributed by atoms with E-state index >= 15 is 0 Å². The highest BCUT2D eigenvalue weighted by molar-refractivity contribution is 6.42. The molecule has 0 saturated carbocycles. The number of piperidine rings is 1. The quantitative estimate of drug-likeness (QED) is 0.852. The van der Waals surface area contributed by atoms with E-state index in [0.29, 0.717) is 10.0 Å². The van der Waals surface area contributed by atoms with E-state index in [2.05, 4.69) is 5.32 Å². The number of carbonyl (C=O) groups is 1. The highest BCUT2D eigenvalue weighted by Crippen LogP contribution is 2.31. The fourth-order valence-corrected chi connectivity index (χ4v) is 2.84. The number of hydrogen-bond acceptors (Lipinski definition) is 3. The average molecular weight is 339 g/mol. The van der Waals surface area contributed by atoms with Gasteiger partial charge in [-0.1, -0.05) is 35.7 Å². The van der Waals surface area contributed by atoms with Crippen molar-refractivity contribution in [3.05, 3.63) is 33.8 Å². The molecule has 1 heterocycles. The first-order valence-corrected chi connectivity index (χ1v) is 7.15. The zero-order chi connectivity index (χ0) is 13.8. The van der Waals surface area contributed by atoms with Crippen LogP contribution in [0.5, 0.6) is 0 Å². The maximum absolute atomic E-state index is 12.1. The number of ether oxygens (including phenoxy) is 1. The van der Waals surface area contributed by atoms with Gasteiger partial charge in [-0.25, -0.2) is 0 Å². The Balaban J connectivity index is 0.00000200. The number of esters is 1. The molecule has 1 aliphatic rings. The summed E-state index contributed by atoms with van der Waals surface area (Å²) in [6, 6.07) is 5.41. The SMILES string of the molecule is COC(=O)[C@H](c1ccc(Cl)c(Cl)c1)[C@H]1CCCCN1.Cl. The topological polar surface area (TPSA) is 38.3 Å². The second-order valence-corrected chi connectivity index (χ2v) is 5.55. The molecule has 0 bridgehead atoms. The maximum Gasteiger partial charge on any atom is 0.314 e. The van der Waals surface area contributed by atoms with E-state index in [9.17, 15) is 4.79 Å². The van der Waals surface area contributed by atoms with Crippen LogP contribution in [0, 0.1) is 0 Å². The van der Waals surface area contributed by atoms with Gasteiger partial charge in [-0.15, -0.1) is 12.4 Å². The standard InChI is InChI=1S/C14H17Cl2NO2.ClH/c1-19-14(18)13(12-4-2-3-7-17-12)9-5-6-10(15)11(16)8-9;/h5-6,8,12-13,17H,2-4,7H2,1H3;1H/t12-,13-;/m1./s1. The molecule has 0 radical (unpaired) electrons. The molecule has 3 nitrogen and oxygen atoms in total. The smallest absolute Gasteiger partial charge is 0.314 e. The van der Waals surface area contributed by atoms with E-state index < -0.39 is 0 Å². The molecule has 1 saturated heterocycles. The maximum atomic E-state index is 12.1. The van der Waals surface area contributed by atoms with Crippen molar-refractivity contribution in [2.24, 2.45) is 0 Å². The second-order valence-electron chi connectivity index (χ2n) is 4.73. The van der Waals surface area contributed by atoms with Gasteiger partial charge in [0, 0.05) is 6.04 Å². The zero-order valence-electron chi connectivity index (χ0n) is 11.2. The molecule has 0 spiro atoms. The van der Waals surface area contributed by atoms with Gasteiger partial charge in [0.2, 0.25) is 0 Å². The van der Waals surface area contributed by atoms with E-state index in [1.54, 1.807) is 12.1 Å². The molecule has 0 aliphatic carbocycles. The number of nitrogens with one attached hydrogen (secondary N) is 1. The van der Waals surface area contributed by atoms with Crippen LogP contribution in [0.15, 0.2) is 18.2 Å². The van der Waals surface area contributed by atoms with E-state index in [4.69, 9.17) is 27.9 Å². The fourth-order valence-electron chi connectivity index (χ4n) is 2.53. The van der Waals surface area contributed by atoms with Gasteiger partial charge in [-0.05, 0) is 37.1 Å². The summed E-state index contributed by atoms with van der Waals surface area (Å²) in [6.07, 6.45) is 3.22. The average Bonchev–Trinajstić information content (AvgIpc) is 2.44. The van der Waals surface area contributed by atoms with Gasteiger partial charge in [-0.3, -0.25) is 4.79 Å². The second kappa shape index (κ2) is 8.08. The molecule has 112 valence electrons. The molecule has 2 atom stereocenters. The Morgan fingerprint density at radius 2 is 2.10 bits per heavy atom. The minimum atomic E-state index is -0.333. The van der Waals surface area contributed by atoms with Crippen LogP contribution in [0.4, 0.5) is 0 Å². The van der Waals surface area contributed by atoms with Crippen LogP contribution in [-0.4, -0.2) is 25.7 Å². The van der Waals surface area contributed by atoms with Crippen molar-refractivity contribution in [2.45, 2.75) is 31.2 Å². The summed E-state index contributed by atoms with van der Waals surface area (Å²) in [5.41, 5.74) is 0.848. The predicted octanol–water partition coefficient (Wildman–Crippen LogP) is 3.81. The van der Waals surface area contributed by atoms with Gasteiger partial charge < -0.3 is 10.1 Å². The Kier molecular flexibility index (Phi) is 7.10. The van der Waals surface area contributed by atoms with Gasteiger partial charge in [0.25, 0.3) is 0 Å². The van der Waals surface area contributed by atoms with Crippen molar-refractivity contribution < 1.29 is 9.53 Å². The van der Waals surface area contributed by atoms with Crippen LogP contribution in [0.2, 0.25) is 10.0 Å². The Labute approximate surface area is 135 Å². The third-order valence-electron chi connectivity index (χ3n) is 3.51. The molecule has 1 N–H and O–H groups in total. The normalized spacial score (nSPS) is 19.9. The Hall–Kier alpha value is -0.480. The highest BCUT2D eigenvalue weighted by Gasteiger charge is 2.31. The predicted molar refractivity (Wildman–Crippen MR) is 84.1 cm³/mol. The van der Waals surface area contributed by atoms with E-state index in [1.165, 1.54) is 7.11 Å². The summed E-state index contributed by atoms with van der Waals surface area (Å²) in [4.78, 5) is 12.1. The first kappa shape index (κ1) is 17.6. The third-order valence-corrected chi connectivity index (χ3v) is 4.25. The van der Waals surface area contributed by atoms with E-state index in [1.807, 2.05) is 6.07 Å². The Morgan fingerprint density at radius 3 is 2.65 bits per heavy atom. The molecule has 0 aromatic heterocycles. The van der Waals surface area contributed by atoms with Crippen LogP contribution >= 0.6 is 35.6 Å². The van der Waals surface area contributed by atoms with Crippen molar-refractivity contribution >= 4 is 41.6 Å². The highest BCUT2D eigenvalue weighted by atomic mass is 35.5. The van der Waals surface area contributed by atoms with Gasteiger partial charge in [0.15, 0.2) is 0 Å². The van der Waals surface area contributed by atoms with Gasteiger partial charge in [0.1, 0.15) is 0 Å². The lowest BCUT2D eigenvalue weighted by Crippen LogP contribution is -2.42. The van der Waals surface area contributed by atoms with E-state index in [0.717, 1.165) is 31.4 Å². The van der Waals surface area contributed by atoms with Crippen molar-refractivity contribution in [1.29, 1.82) is 0 Å². The molecule has 0 amide bonds. The van der Waals surface area contributed by atoms with E-state index in [-0.39, 0.29) is 30.3 Å². The third kappa shape index (κ3) is 4.01. The zero-order valence-corrected chi connectivity index (χ0v) is 13.5. The number of methoxy groups -OCH3 is 1. The number of benzene rings is 1. The minimum Gasteiger partial charge on any atom is -0.469 e. The van der Waals surface area contributed by atoms with Gasteiger partial charge in [0.05, 0.1) is 23.1 Å². The molecular formula is C14H18Cl3NO2.